The van der Waals surface area contributed by atoms with Gasteiger partial charge in [0.2, 0.25) is 0 Å². The number of benzene rings is 5. The van der Waals surface area contributed by atoms with E-state index in [1.807, 2.05) is 48.7 Å². The summed E-state index contributed by atoms with van der Waals surface area (Å²) in [5, 5.41) is 18.6. The monoisotopic (exact) mass is 431 g/mol. The molecule has 3 nitrogen and oxygen atoms in total. The maximum absolute atomic E-state index is 9.66. The van der Waals surface area contributed by atoms with Crippen molar-refractivity contribution in [3.63, 3.8) is 0 Å². The second kappa shape index (κ2) is 7.10. The predicted molar refractivity (Wildman–Crippen MR) is 140 cm³/mol. The third-order valence-electron chi connectivity index (χ3n) is 6.73. The van der Waals surface area contributed by atoms with Gasteiger partial charge in [0.15, 0.2) is 0 Å². The zero-order valence-corrected chi connectivity index (χ0v) is 18.2. The average Bonchev–Trinajstić information content (AvgIpc) is 2.91. The molecule has 2 heterocycles. The molecule has 0 saturated heterocycles. The Kier molecular flexibility index (Phi) is 3.91. The third-order valence-corrected chi connectivity index (χ3v) is 6.73. The van der Waals surface area contributed by atoms with Crippen molar-refractivity contribution in [2.45, 2.75) is 0 Å². The van der Waals surface area contributed by atoms with Crippen LogP contribution in [0, 0.1) is 11.3 Å². The van der Waals surface area contributed by atoms with E-state index in [1.165, 1.54) is 16.2 Å². The number of hydrogen-bond donors (Lipinski definition) is 0. The Morgan fingerprint density at radius 2 is 1.29 bits per heavy atom. The number of aromatic nitrogens is 2. The highest BCUT2D eigenvalue weighted by Crippen LogP contribution is 2.41. The maximum Gasteiger partial charge on any atom is 0.0998 e. The number of rotatable bonds is 1. The largest absolute Gasteiger partial charge is 0.256 e. The average molecular weight is 431 g/mol. The third kappa shape index (κ3) is 2.57. The molecule has 0 fully saturated rings. The SMILES string of the molecule is N#Cc1ccc(-c2nc3ccccc3c3c2ccc2ccc4ncccc4c23)c2ccccc12. The van der Waals surface area contributed by atoms with Crippen LogP contribution in [0.5, 0.6) is 0 Å². The summed E-state index contributed by atoms with van der Waals surface area (Å²) in [7, 11) is 0. The van der Waals surface area contributed by atoms with Gasteiger partial charge in [-0.1, -0.05) is 72.8 Å². The molecule has 0 saturated carbocycles. The Bertz CT molecular complexity index is 1980. The van der Waals surface area contributed by atoms with Crippen molar-refractivity contribution in [3.05, 3.63) is 109 Å². The maximum atomic E-state index is 9.66. The van der Waals surface area contributed by atoms with Crippen molar-refractivity contribution in [1.29, 1.82) is 5.26 Å². The van der Waals surface area contributed by atoms with Crippen molar-refractivity contribution in [1.82, 2.24) is 9.97 Å². The Morgan fingerprint density at radius 1 is 0.559 bits per heavy atom. The number of para-hydroxylation sites is 1. The molecule has 0 unspecified atom stereocenters. The Morgan fingerprint density at radius 3 is 2.18 bits per heavy atom. The topological polar surface area (TPSA) is 49.6 Å². The molecule has 3 heteroatoms. The number of fused-ring (bicyclic) bond motifs is 8. The summed E-state index contributed by atoms with van der Waals surface area (Å²) < 4.78 is 0. The van der Waals surface area contributed by atoms with Crippen molar-refractivity contribution < 1.29 is 0 Å². The van der Waals surface area contributed by atoms with Gasteiger partial charge < -0.3 is 0 Å². The van der Waals surface area contributed by atoms with Crippen LogP contribution in [-0.4, -0.2) is 9.97 Å². The van der Waals surface area contributed by atoms with Crippen LogP contribution in [0.3, 0.4) is 0 Å². The van der Waals surface area contributed by atoms with E-state index < -0.39 is 0 Å². The van der Waals surface area contributed by atoms with Crippen LogP contribution >= 0.6 is 0 Å². The van der Waals surface area contributed by atoms with Gasteiger partial charge in [0.25, 0.3) is 0 Å². The number of pyridine rings is 2. The summed E-state index contributed by atoms with van der Waals surface area (Å²) in [5.41, 5.74) is 4.56. The Labute approximate surface area is 195 Å². The van der Waals surface area contributed by atoms with Gasteiger partial charge in [0.1, 0.15) is 0 Å². The van der Waals surface area contributed by atoms with Gasteiger partial charge in [-0.25, -0.2) is 4.98 Å². The molecular weight excluding hydrogens is 414 g/mol. The van der Waals surface area contributed by atoms with Crippen LogP contribution in [0.1, 0.15) is 5.56 Å². The van der Waals surface area contributed by atoms with E-state index in [9.17, 15) is 5.26 Å². The van der Waals surface area contributed by atoms with Crippen LogP contribution in [-0.2, 0) is 0 Å². The lowest BCUT2D eigenvalue weighted by Gasteiger charge is -2.15. The summed E-state index contributed by atoms with van der Waals surface area (Å²) in [6, 6.07) is 35.4. The molecule has 34 heavy (non-hydrogen) atoms. The lowest BCUT2D eigenvalue weighted by molar-refractivity contribution is 1.42. The molecule has 0 amide bonds. The number of nitriles is 1. The molecule has 5 aromatic carbocycles. The highest BCUT2D eigenvalue weighted by molar-refractivity contribution is 6.29. The van der Waals surface area contributed by atoms with Gasteiger partial charge >= 0.3 is 0 Å². The van der Waals surface area contributed by atoms with Gasteiger partial charge in [0.05, 0.1) is 28.4 Å². The highest BCUT2D eigenvalue weighted by atomic mass is 14.7. The van der Waals surface area contributed by atoms with Gasteiger partial charge in [-0.2, -0.15) is 5.26 Å². The Hall–Kier alpha value is -4.81. The highest BCUT2D eigenvalue weighted by Gasteiger charge is 2.17. The Balaban J connectivity index is 1.74. The van der Waals surface area contributed by atoms with Crippen LogP contribution in [0.2, 0.25) is 0 Å². The molecule has 0 atom stereocenters. The molecule has 2 aromatic heterocycles. The minimum atomic E-state index is 0.673. The zero-order valence-electron chi connectivity index (χ0n) is 18.2. The fourth-order valence-corrected chi connectivity index (χ4v) is 5.23. The molecule has 156 valence electrons. The van der Waals surface area contributed by atoms with Crippen molar-refractivity contribution >= 4 is 54.1 Å². The molecule has 0 spiro atoms. The molecule has 0 N–H and O–H groups in total. The molecule has 0 aliphatic heterocycles. The first-order valence-corrected chi connectivity index (χ1v) is 11.2. The fourth-order valence-electron chi connectivity index (χ4n) is 5.23. The zero-order chi connectivity index (χ0) is 22.6. The van der Waals surface area contributed by atoms with E-state index in [0.717, 1.165) is 49.2 Å². The van der Waals surface area contributed by atoms with Crippen molar-refractivity contribution in [2.75, 3.05) is 0 Å². The summed E-state index contributed by atoms with van der Waals surface area (Å²) in [6.45, 7) is 0. The first-order valence-electron chi connectivity index (χ1n) is 11.2. The van der Waals surface area contributed by atoms with Gasteiger partial charge in [-0.05, 0) is 40.4 Å². The lowest BCUT2D eigenvalue weighted by Crippen LogP contribution is -1.93. The quantitative estimate of drug-likeness (QED) is 0.249. The van der Waals surface area contributed by atoms with Gasteiger partial charge in [-0.15, -0.1) is 0 Å². The van der Waals surface area contributed by atoms with Crippen molar-refractivity contribution in [2.24, 2.45) is 0 Å². The lowest BCUT2D eigenvalue weighted by atomic mass is 9.91. The molecule has 0 radical (unpaired) electrons. The fraction of sp³-hybridized carbons (Fsp3) is 0. The molecule has 7 rings (SSSR count). The number of hydrogen-bond acceptors (Lipinski definition) is 3. The summed E-state index contributed by atoms with van der Waals surface area (Å²) in [4.78, 5) is 9.78. The first-order chi connectivity index (χ1) is 16.8. The second-order valence-corrected chi connectivity index (χ2v) is 8.52. The first kappa shape index (κ1) is 18.7. The summed E-state index contributed by atoms with van der Waals surface area (Å²) in [6.07, 6.45) is 1.84. The molecule has 0 bridgehead atoms. The van der Waals surface area contributed by atoms with Crippen LogP contribution in [0.25, 0.3) is 65.4 Å². The van der Waals surface area contributed by atoms with Gasteiger partial charge in [-0.3, -0.25) is 4.98 Å². The minimum Gasteiger partial charge on any atom is -0.256 e. The normalized spacial score (nSPS) is 11.5. The van der Waals surface area contributed by atoms with Crippen molar-refractivity contribution in [3.8, 4) is 17.3 Å². The van der Waals surface area contributed by atoms with Crippen LogP contribution < -0.4 is 0 Å². The van der Waals surface area contributed by atoms with E-state index in [0.29, 0.717) is 5.56 Å². The van der Waals surface area contributed by atoms with Crippen LogP contribution in [0.15, 0.2) is 103 Å². The second-order valence-electron chi connectivity index (χ2n) is 8.52. The van der Waals surface area contributed by atoms with E-state index in [-0.39, 0.29) is 0 Å². The van der Waals surface area contributed by atoms with E-state index in [2.05, 4.69) is 65.7 Å². The van der Waals surface area contributed by atoms with E-state index in [1.54, 1.807) is 0 Å². The van der Waals surface area contributed by atoms with Gasteiger partial charge in [0, 0.05) is 38.7 Å². The van der Waals surface area contributed by atoms with E-state index >= 15 is 0 Å². The van der Waals surface area contributed by atoms with E-state index in [4.69, 9.17) is 4.98 Å². The minimum absolute atomic E-state index is 0.673. The summed E-state index contributed by atoms with van der Waals surface area (Å²) in [5.74, 6) is 0. The molecule has 7 aromatic rings. The number of nitrogens with zero attached hydrogens (tertiary/aromatic N) is 3. The molecule has 0 aliphatic carbocycles. The predicted octanol–water partition coefficient (Wildman–Crippen LogP) is 7.78. The van der Waals surface area contributed by atoms with Crippen LogP contribution in [0.4, 0.5) is 0 Å². The standard InChI is InChI=1S/C31H17N3/c32-18-20-12-14-23(22-7-2-1-6-21(20)22)31-26-15-11-19-13-16-27-24(9-5-17-33-27)29(19)30(26)25-8-3-4-10-28(25)34-31/h1-17H. The smallest absolute Gasteiger partial charge is 0.0998 e. The summed E-state index contributed by atoms with van der Waals surface area (Å²) >= 11 is 0. The molecular formula is C31H17N3. The molecule has 0 aliphatic rings.